The minimum atomic E-state index is 0.104. The Morgan fingerprint density at radius 1 is 0.812 bits per heavy atom. The summed E-state index contributed by atoms with van der Waals surface area (Å²) in [5.41, 5.74) is 5.09. The topological polar surface area (TPSA) is 9.23 Å². The average Bonchev–Trinajstić information content (AvgIpc) is 2.65. The largest absolute Gasteiger partial charge is 0.480 e. The molecule has 2 heterocycles. The van der Waals surface area contributed by atoms with E-state index in [4.69, 9.17) is 4.74 Å². The zero-order valence-corrected chi connectivity index (χ0v) is 8.68. The van der Waals surface area contributed by atoms with Gasteiger partial charge < -0.3 is 4.74 Å². The van der Waals surface area contributed by atoms with Crippen molar-refractivity contribution in [3.63, 3.8) is 0 Å². The van der Waals surface area contributed by atoms with Gasteiger partial charge in [0, 0.05) is 16.7 Å². The molecule has 0 amide bonds. The number of rotatable bonds is 0. The minimum Gasteiger partial charge on any atom is -0.480 e. The Labute approximate surface area is 94.0 Å². The third-order valence-corrected chi connectivity index (χ3v) is 3.32. The molecule has 1 unspecified atom stereocenters. The molecule has 2 bridgehead atoms. The van der Waals surface area contributed by atoms with Crippen molar-refractivity contribution in [3.8, 4) is 0 Å². The van der Waals surface area contributed by atoms with Gasteiger partial charge in [-0.05, 0) is 11.6 Å². The predicted molar refractivity (Wildman–Crippen MR) is 63.7 cm³/mol. The first kappa shape index (κ1) is 8.17. The third kappa shape index (κ3) is 0.904. The summed E-state index contributed by atoms with van der Waals surface area (Å²) in [6.07, 6.45) is 2.24. The van der Waals surface area contributed by atoms with Crippen LogP contribution in [-0.2, 0) is 4.74 Å². The second kappa shape index (κ2) is 2.76. The van der Waals surface area contributed by atoms with Crippen molar-refractivity contribution in [2.75, 3.05) is 0 Å². The molecule has 0 aliphatic carbocycles. The molecule has 2 aromatic carbocycles. The lowest BCUT2D eigenvalue weighted by Gasteiger charge is -2.18. The van der Waals surface area contributed by atoms with Gasteiger partial charge in [-0.3, -0.25) is 0 Å². The molecule has 0 fully saturated rings. The van der Waals surface area contributed by atoms with Crippen LogP contribution in [0.25, 0.3) is 11.8 Å². The summed E-state index contributed by atoms with van der Waals surface area (Å²) in [4.78, 5) is 0. The highest BCUT2D eigenvalue weighted by Crippen LogP contribution is 2.47. The Hall–Kier alpha value is -2.02. The summed E-state index contributed by atoms with van der Waals surface area (Å²) in [5.74, 6) is 1.01. The molecular formula is C15H10O. The zero-order valence-electron chi connectivity index (χ0n) is 8.68. The summed E-state index contributed by atoms with van der Waals surface area (Å²) in [6, 6.07) is 16.9. The van der Waals surface area contributed by atoms with E-state index < -0.39 is 0 Å². The van der Waals surface area contributed by atoms with E-state index in [9.17, 15) is 0 Å². The molecular weight excluding hydrogens is 196 g/mol. The highest BCUT2D eigenvalue weighted by molar-refractivity contribution is 5.85. The standard InChI is InChI=1S/C15H10O/c1-2-6-11-10(5-1)9-14-12-7-3-4-8-13(12)15(11)16-14/h1-9,15H. The van der Waals surface area contributed by atoms with E-state index in [0.717, 1.165) is 5.76 Å². The van der Waals surface area contributed by atoms with Gasteiger partial charge in [0.25, 0.3) is 0 Å². The van der Waals surface area contributed by atoms with Gasteiger partial charge in [0.1, 0.15) is 5.76 Å². The number of hydrogen-bond donors (Lipinski definition) is 0. The maximum absolute atomic E-state index is 5.96. The fraction of sp³-hybridized carbons (Fsp3) is 0.0667. The monoisotopic (exact) mass is 206 g/mol. The highest BCUT2D eigenvalue weighted by atomic mass is 16.5. The van der Waals surface area contributed by atoms with Crippen LogP contribution in [0.5, 0.6) is 0 Å². The van der Waals surface area contributed by atoms with E-state index in [2.05, 4.69) is 54.6 Å². The molecule has 2 aromatic rings. The van der Waals surface area contributed by atoms with Crippen LogP contribution in [0.2, 0.25) is 0 Å². The molecule has 0 aromatic heterocycles. The molecule has 1 nitrogen and oxygen atoms in total. The van der Waals surface area contributed by atoms with Crippen LogP contribution in [0.1, 0.15) is 28.4 Å². The fourth-order valence-electron chi connectivity index (χ4n) is 2.57. The molecule has 0 N–H and O–H groups in total. The Morgan fingerprint density at radius 2 is 1.56 bits per heavy atom. The Bertz CT molecular complexity index is 599. The first-order valence-electron chi connectivity index (χ1n) is 5.50. The molecule has 0 radical (unpaired) electrons. The van der Waals surface area contributed by atoms with Gasteiger partial charge in [0.05, 0.1) is 0 Å². The summed E-state index contributed by atoms with van der Waals surface area (Å²) in [5, 5.41) is 0. The lowest BCUT2D eigenvalue weighted by Crippen LogP contribution is -2.03. The Balaban J connectivity index is 2.07. The van der Waals surface area contributed by atoms with E-state index >= 15 is 0 Å². The van der Waals surface area contributed by atoms with Crippen LogP contribution in [-0.4, -0.2) is 0 Å². The molecule has 1 heteroatoms. The van der Waals surface area contributed by atoms with Gasteiger partial charge in [-0.15, -0.1) is 0 Å². The van der Waals surface area contributed by atoms with Crippen molar-refractivity contribution in [2.24, 2.45) is 0 Å². The minimum absolute atomic E-state index is 0.104. The molecule has 1 atom stereocenters. The number of hydrogen-bond acceptors (Lipinski definition) is 1. The van der Waals surface area contributed by atoms with Crippen molar-refractivity contribution in [2.45, 2.75) is 6.10 Å². The molecule has 0 spiro atoms. The Kier molecular flexibility index (Phi) is 1.41. The SMILES string of the molecule is C1=C2OC(c3ccccc31)c1ccccc12. The van der Waals surface area contributed by atoms with Crippen molar-refractivity contribution >= 4 is 11.8 Å². The fourth-order valence-corrected chi connectivity index (χ4v) is 2.57. The second-order valence-corrected chi connectivity index (χ2v) is 4.22. The van der Waals surface area contributed by atoms with Gasteiger partial charge in [0.15, 0.2) is 6.10 Å². The van der Waals surface area contributed by atoms with Crippen molar-refractivity contribution in [1.29, 1.82) is 0 Å². The van der Waals surface area contributed by atoms with E-state index in [-0.39, 0.29) is 6.10 Å². The van der Waals surface area contributed by atoms with Crippen LogP contribution < -0.4 is 0 Å². The number of fused-ring (bicyclic) bond motifs is 7. The lowest BCUT2D eigenvalue weighted by atomic mass is 9.98. The number of ether oxygens (including phenoxy) is 1. The van der Waals surface area contributed by atoms with Gasteiger partial charge in [-0.2, -0.15) is 0 Å². The van der Waals surface area contributed by atoms with E-state index in [1.54, 1.807) is 0 Å². The van der Waals surface area contributed by atoms with Crippen LogP contribution in [0.4, 0.5) is 0 Å². The molecule has 16 heavy (non-hydrogen) atoms. The van der Waals surface area contributed by atoms with Crippen LogP contribution in [0.3, 0.4) is 0 Å². The van der Waals surface area contributed by atoms with Crippen molar-refractivity contribution in [1.82, 2.24) is 0 Å². The zero-order chi connectivity index (χ0) is 10.5. The first-order chi connectivity index (χ1) is 7.93. The predicted octanol–water partition coefficient (Wildman–Crippen LogP) is 3.62. The van der Waals surface area contributed by atoms with Crippen LogP contribution in [0.15, 0.2) is 48.5 Å². The average molecular weight is 206 g/mol. The molecule has 76 valence electrons. The summed E-state index contributed by atoms with van der Waals surface area (Å²) in [6.45, 7) is 0. The third-order valence-electron chi connectivity index (χ3n) is 3.32. The van der Waals surface area contributed by atoms with Crippen molar-refractivity contribution < 1.29 is 4.74 Å². The Morgan fingerprint density at radius 3 is 2.50 bits per heavy atom. The van der Waals surface area contributed by atoms with Crippen LogP contribution in [0, 0.1) is 0 Å². The lowest BCUT2D eigenvalue weighted by molar-refractivity contribution is 0.226. The summed E-state index contributed by atoms with van der Waals surface area (Å²) in [7, 11) is 0. The molecule has 2 aliphatic rings. The van der Waals surface area contributed by atoms with E-state index in [0.29, 0.717) is 0 Å². The van der Waals surface area contributed by atoms with Crippen molar-refractivity contribution in [3.05, 3.63) is 70.8 Å². The maximum atomic E-state index is 5.96. The van der Waals surface area contributed by atoms with Gasteiger partial charge in [0.2, 0.25) is 0 Å². The van der Waals surface area contributed by atoms with Gasteiger partial charge in [-0.25, -0.2) is 0 Å². The maximum Gasteiger partial charge on any atom is 0.150 e. The molecule has 4 rings (SSSR count). The normalized spacial score (nSPS) is 19.5. The van der Waals surface area contributed by atoms with Gasteiger partial charge >= 0.3 is 0 Å². The molecule has 2 aliphatic heterocycles. The summed E-state index contributed by atoms with van der Waals surface area (Å²) < 4.78 is 5.96. The first-order valence-corrected chi connectivity index (χ1v) is 5.50. The quantitative estimate of drug-likeness (QED) is 0.639. The molecule has 0 saturated carbocycles. The van der Waals surface area contributed by atoms with E-state index in [1.165, 1.54) is 22.3 Å². The molecule has 0 saturated heterocycles. The highest BCUT2D eigenvalue weighted by Gasteiger charge is 2.33. The second-order valence-electron chi connectivity index (χ2n) is 4.22. The van der Waals surface area contributed by atoms with Crippen LogP contribution >= 0.6 is 0 Å². The number of benzene rings is 2. The van der Waals surface area contributed by atoms with Gasteiger partial charge in [-0.1, -0.05) is 48.5 Å². The van der Waals surface area contributed by atoms with E-state index in [1.807, 2.05) is 0 Å². The summed E-state index contributed by atoms with van der Waals surface area (Å²) >= 11 is 0. The smallest absolute Gasteiger partial charge is 0.150 e.